The summed E-state index contributed by atoms with van der Waals surface area (Å²) in [5.41, 5.74) is 1.07. The van der Waals surface area contributed by atoms with Crippen LogP contribution in [0.1, 0.15) is 20.3 Å². The van der Waals surface area contributed by atoms with Crippen molar-refractivity contribution in [3.63, 3.8) is 0 Å². The molecule has 0 aliphatic heterocycles. The van der Waals surface area contributed by atoms with E-state index in [1.807, 2.05) is 19.1 Å². The summed E-state index contributed by atoms with van der Waals surface area (Å²) < 4.78 is 0. The van der Waals surface area contributed by atoms with Crippen LogP contribution in [0.2, 0.25) is 0 Å². The molecule has 0 aromatic carbocycles. The number of allylic oxidation sites excluding steroid dienone is 3. The minimum absolute atomic E-state index is 0.924. The number of aliphatic imine (C=N–C) groups is 1. The van der Waals surface area contributed by atoms with E-state index in [-0.39, 0.29) is 0 Å². The Kier molecular flexibility index (Phi) is 5.74. The molecule has 0 amide bonds. The molecule has 56 valence electrons. The zero-order valence-corrected chi connectivity index (χ0v) is 6.80. The Morgan fingerprint density at radius 3 is 2.80 bits per heavy atom. The SMILES string of the molecule is C=C/C=C\C(C)=NCCC. The molecule has 0 rings (SSSR count). The number of nitrogens with zero attached hydrogens (tertiary/aromatic N) is 1. The highest BCUT2D eigenvalue weighted by molar-refractivity contribution is 5.92. The summed E-state index contributed by atoms with van der Waals surface area (Å²) in [6, 6.07) is 0. The van der Waals surface area contributed by atoms with Crippen LogP contribution < -0.4 is 0 Å². The van der Waals surface area contributed by atoms with Crippen molar-refractivity contribution in [3.05, 3.63) is 24.8 Å². The standard InChI is InChI=1S/C9H15N/c1-4-6-7-9(3)10-8-5-2/h4,6-7H,1,5,8H2,2-3H3/b7-6-,10-9?. The summed E-state index contributed by atoms with van der Waals surface area (Å²) >= 11 is 0. The van der Waals surface area contributed by atoms with Gasteiger partial charge in [0.05, 0.1) is 0 Å². The monoisotopic (exact) mass is 137 g/mol. The van der Waals surface area contributed by atoms with E-state index in [4.69, 9.17) is 0 Å². The first-order valence-electron chi connectivity index (χ1n) is 3.61. The second-order valence-electron chi connectivity index (χ2n) is 2.12. The van der Waals surface area contributed by atoms with Crippen LogP contribution in [0.3, 0.4) is 0 Å². The van der Waals surface area contributed by atoms with Crippen molar-refractivity contribution in [2.45, 2.75) is 20.3 Å². The molecular weight excluding hydrogens is 122 g/mol. The van der Waals surface area contributed by atoms with Gasteiger partial charge in [-0.1, -0.05) is 25.7 Å². The minimum Gasteiger partial charge on any atom is -0.290 e. The first kappa shape index (κ1) is 9.15. The third-order valence-electron chi connectivity index (χ3n) is 1.06. The maximum absolute atomic E-state index is 4.26. The van der Waals surface area contributed by atoms with Gasteiger partial charge in [0.1, 0.15) is 0 Å². The van der Waals surface area contributed by atoms with Gasteiger partial charge < -0.3 is 0 Å². The van der Waals surface area contributed by atoms with Gasteiger partial charge in [0, 0.05) is 12.3 Å². The zero-order valence-electron chi connectivity index (χ0n) is 6.80. The van der Waals surface area contributed by atoms with Gasteiger partial charge in [-0.3, -0.25) is 4.99 Å². The van der Waals surface area contributed by atoms with Gasteiger partial charge in [-0.2, -0.15) is 0 Å². The fourth-order valence-corrected chi connectivity index (χ4v) is 0.548. The first-order chi connectivity index (χ1) is 4.81. The van der Waals surface area contributed by atoms with Gasteiger partial charge in [0.2, 0.25) is 0 Å². The lowest BCUT2D eigenvalue weighted by molar-refractivity contribution is 0.932. The predicted molar refractivity (Wildman–Crippen MR) is 47.6 cm³/mol. The number of hydrogen-bond donors (Lipinski definition) is 0. The Labute approximate surface area is 63.2 Å². The molecule has 1 nitrogen and oxygen atoms in total. The van der Waals surface area contributed by atoms with E-state index in [9.17, 15) is 0 Å². The van der Waals surface area contributed by atoms with Crippen LogP contribution in [0.4, 0.5) is 0 Å². The molecule has 0 bridgehead atoms. The smallest absolute Gasteiger partial charge is 0.0389 e. The van der Waals surface area contributed by atoms with Crippen molar-refractivity contribution in [1.29, 1.82) is 0 Å². The molecule has 0 atom stereocenters. The zero-order chi connectivity index (χ0) is 7.82. The number of rotatable bonds is 4. The van der Waals surface area contributed by atoms with Crippen molar-refractivity contribution in [2.75, 3.05) is 6.54 Å². The molecular formula is C9H15N. The van der Waals surface area contributed by atoms with Crippen molar-refractivity contribution >= 4 is 5.71 Å². The van der Waals surface area contributed by atoms with E-state index < -0.39 is 0 Å². The molecule has 1 heteroatoms. The van der Waals surface area contributed by atoms with E-state index in [1.54, 1.807) is 6.08 Å². The van der Waals surface area contributed by atoms with Crippen LogP contribution >= 0.6 is 0 Å². The molecule has 0 aliphatic carbocycles. The Hall–Kier alpha value is -0.850. The second-order valence-corrected chi connectivity index (χ2v) is 2.12. The fraction of sp³-hybridized carbons (Fsp3) is 0.444. The van der Waals surface area contributed by atoms with Gasteiger partial charge in [0.15, 0.2) is 0 Å². The van der Waals surface area contributed by atoms with Crippen molar-refractivity contribution in [2.24, 2.45) is 4.99 Å². The van der Waals surface area contributed by atoms with Gasteiger partial charge in [0.25, 0.3) is 0 Å². The molecule has 0 spiro atoms. The second kappa shape index (κ2) is 6.27. The van der Waals surface area contributed by atoms with Gasteiger partial charge in [-0.15, -0.1) is 0 Å². The van der Waals surface area contributed by atoms with Crippen LogP contribution in [-0.2, 0) is 0 Å². The highest BCUT2D eigenvalue weighted by Crippen LogP contribution is 1.84. The largest absolute Gasteiger partial charge is 0.290 e. The first-order valence-corrected chi connectivity index (χ1v) is 3.61. The molecule has 0 N–H and O–H groups in total. The van der Waals surface area contributed by atoms with Crippen LogP contribution in [-0.4, -0.2) is 12.3 Å². The van der Waals surface area contributed by atoms with E-state index >= 15 is 0 Å². The molecule has 0 saturated carbocycles. The Morgan fingerprint density at radius 2 is 2.30 bits per heavy atom. The Balaban J connectivity index is 3.69. The quantitative estimate of drug-likeness (QED) is 0.417. The lowest BCUT2D eigenvalue weighted by atomic mass is 10.3. The Morgan fingerprint density at radius 1 is 1.60 bits per heavy atom. The van der Waals surface area contributed by atoms with Crippen LogP contribution in [0.5, 0.6) is 0 Å². The minimum atomic E-state index is 0.924. The summed E-state index contributed by atoms with van der Waals surface area (Å²) in [5, 5.41) is 0. The normalized spacial score (nSPS) is 12.4. The predicted octanol–water partition coefficient (Wildman–Crippen LogP) is 2.60. The average molecular weight is 137 g/mol. The van der Waals surface area contributed by atoms with Crippen molar-refractivity contribution < 1.29 is 0 Å². The molecule has 0 fully saturated rings. The highest BCUT2D eigenvalue weighted by atomic mass is 14.7. The Bertz CT molecular complexity index is 143. The maximum atomic E-state index is 4.26. The molecule has 0 aromatic heterocycles. The fourth-order valence-electron chi connectivity index (χ4n) is 0.548. The van der Waals surface area contributed by atoms with Gasteiger partial charge in [-0.05, 0) is 19.4 Å². The summed E-state index contributed by atoms with van der Waals surface area (Å²) in [7, 11) is 0. The molecule has 0 aliphatic rings. The summed E-state index contributed by atoms with van der Waals surface area (Å²) in [4.78, 5) is 4.26. The van der Waals surface area contributed by atoms with Crippen molar-refractivity contribution in [1.82, 2.24) is 0 Å². The topological polar surface area (TPSA) is 12.4 Å². The van der Waals surface area contributed by atoms with Gasteiger partial charge >= 0.3 is 0 Å². The van der Waals surface area contributed by atoms with E-state index in [0.717, 1.165) is 18.7 Å². The molecule has 10 heavy (non-hydrogen) atoms. The molecule has 0 aromatic rings. The van der Waals surface area contributed by atoms with E-state index in [1.165, 1.54) is 0 Å². The average Bonchev–Trinajstić information content (AvgIpc) is 1.97. The van der Waals surface area contributed by atoms with E-state index in [0.29, 0.717) is 0 Å². The molecule has 0 heterocycles. The summed E-state index contributed by atoms with van der Waals surface area (Å²) in [6.45, 7) is 8.61. The highest BCUT2D eigenvalue weighted by Gasteiger charge is 1.79. The summed E-state index contributed by atoms with van der Waals surface area (Å²) in [6.07, 6.45) is 6.72. The number of hydrogen-bond acceptors (Lipinski definition) is 1. The van der Waals surface area contributed by atoms with Crippen LogP contribution in [0.15, 0.2) is 29.8 Å². The van der Waals surface area contributed by atoms with Crippen LogP contribution in [0, 0.1) is 0 Å². The third kappa shape index (κ3) is 5.29. The molecule has 0 radical (unpaired) electrons. The summed E-state index contributed by atoms with van der Waals surface area (Å²) in [5.74, 6) is 0. The lowest BCUT2D eigenvalue weighted by Gasteiger charge is -1.89. The molecule has 0 saturated heterocycles. The maximum Gasteiger partial charge on any atom is 0.0389 e. The van der Waals surface area contributed by atoms with Gasteiger partial charge in [-0.25, -0.2) is 0 Å². The van der Waals surface area contributed by atoms with Crippen LogP contribution in [0.25, 0.3) is 0 Å². The van der Waals surface area contributed by atoms with Crippen molar-refractivity contribution in [3.8, 4) is 0 Å². The third-order valence-corrected chi connectivity index (χ3v) is 1.06. The molecule has 0 unspecified atom stereocenters. The van der Waals surface area contributed by atoms with E-state index in [2.05, 4.69) is 18.5 Å². The lowest BCUT2D eigenvalue weighted by Crippen LogP contribution is -1.86.